The molecule has 3 aromatic rings. The standard InChI is InChI=1S/C21H24ClN3/c1-3-17(7-9-23)25-20-12-15(11-16-13-24-10-8-18(16)20)21-14(2)5-4-6-19(21)22/h4-6,8,10-13,17,25H,3,7,9,23H2,1-2H3. The highest BCUT2D eigenvalue weighted by atomic mass is 35.5. The lowest BCUT2D eigenvalue weighted by Crippen LogP contribution is -2.22. The first-order chi connectivity index (χ1) is 12.1. The molecule has 0 aliphatic heterocycles. The van der Waals surface area contributed by atoms with Crippen molar-refractivity contribution in [2.45, 2.75) is 32.7 Å². The number of aryl methyl sites for hydroxylation is 1. The number of pyridine rings is 1. The summed E-state index contributed by atoms with van der Waals surface area (Å²) in [6, 6.07) is 12.8. The van der Waals surface area contributed by atoms with Crippen LogP contribution in [0.3, 0.4) is 0 Å². The van der Waals surface area contributed by atoms with E-state index in [1.165, 1.54) is 5.39 Å². The van der Waals surface area contributed by atoms with Gasteiger partial charge in [-0.05, 0) is 61.7 Å². The molecule has 1 aromatic heterocycles. The smallest absolute Gasteiger partial charge is 0.0487 e. The molecule has 0 amide bonds. The minimum absolute atomic E-state index is 0.351. The molecule has 3 nitrogen and oxygen atoms in total. The van der Waals surface area contributed by atoms with Gasteiger partial charge in [0.05, 0.1) is 0 Å². The van der Waals surface area contributed by atoms with Gasteiger partial charge in [0, 0.05) is 45.5 Å². The van der Waals surface area contributed by atoms with Crippen LogP contribution in [0.2, 0.25) is 5.02 Å². The van der Waals surface area contributed by atoms with Crippen LogP contribution < -0.4 is 11.1 Å². The SMILES string of the molecule is CCC(CCN)Nc1cc(-c2c(C)cccc2Cl)cc2cnccc12. The summed E-state index contributed by atoms with van der Waals surface area (Å²) < 4.78 is 0. The molecule has 0 bridgehead atoms. The average molecular weight is 354 g/mol. The Morgan fingerprint density at radius 1 is 1.24 bits per heavy atom. The Kier molecular flexibility index (Phi) is 5.57. The number of aromatic nitrogens is 1. The number of hydrogen-bond acceptors (Lipinski definition) is 3. The van der Waals surface area contributed by atoms with Crippen molar-refractivity contribution in [3.05, 3.63) is 59.4 Å². The van der Waals surface area contributed by atoms with Crippen molar-refractivity contribution >= 4 is 28.1 Å². The molecule has 1 heterocycles. The van der Waals surface area contributed by atoms with E-state index >= 15 is 0 Å². The molecular formula is C21H24ClN3. The van der Waals surface area contributed by atoms with E-state index < -0.39 is 0 Å². The maximum Gasteiger partial charge on any atom is 0.0487 e. The zero-order chi connectivity index (χ0) is 17.8. The molecule has 4 heteroatoms. The molecule has 0 aliphatic rings. The lowest BCUT2D eigenvalue weighted by Gasteiger charge is -2.20. The predicted molar refractivity (Wildman–Crippen MR) is 108 cm³/mol. The Morgan fingerprint density at radius 3 is 2.80 bits per heavy atom. The van der Waals surface area contributed by atoms with E-state index in [0.717, 1.165) is 45.6 Å². The highest BCUT2D eigenvalue weighted by Crippen LogP contribution is 2.36. The minimum atomic E-state index is 0.351. The molecule has 0 radical (unpaired) electrons. The van der Waals surface area contributed by atoms with Crippen molar-refractivity contribution in [3.8, 4) is 11.1 Å². The molecule has 0 fully saturated rings. The summed E-state index contributed by atoms with van der Waals surface area (Å²) >= 11 is 6.50. The second kappa shape index (κ2) is 7.85. The largest absolute Gasteiger partial charge is 0.382 e. The molecule has 3 rings (SSSR count). The molecule has 3 N–H and O–H groups in total. The number of fused-ring (bicyclic) bond motifs is 1. The highest BCUT2D eigenvalue weighted by molar-refractivity contribution is 6.33. The molecule has 130 valence electrons. The van der Waals surface area contributed by atoms with E-state index in [-0.39, 0.29) is 0 Å². The molecule has 0 aliphatic carbocycles. The zero-order valence-corrected chi connectivity index (χ0v) is 15.5. The van der Waals surface area contributed by atoms with Crippen LogP contribution in [0.5, 0.6) is 0 Å². The number of rotatable bonds is 6. The van der Waals surface area contributed by atoms with E-state index in [0.29, 0.717) is 12.6 Å². The number of anilines is 1. The number of nitrogens with zero attached hydrogens (tertiary/aromatic N) is 1. The van der Waals surface area contributed by atoms with Gasteiger partial charge >= 0.3 is 0 Å². The fraction of sp³-hybridized carbons (Fsp3) is 0.286. The van der Waals surface area contributed by atoms with Crippen molar-refractivity contribution in [3.63, 3.8) is 0 Å². The highest BCUT2D eigenvalue weighted by Gasteiger charge is 2.13. The van der Waals surface area contributed by atoms with Crippen LogP contribution in [-0.2, 0) is 0 Å². The second-order valence-electron chi connectivity index (χ2n) is 6.38. The minimum Gasteiger partial charge on any atom is -0.382 e. The second-order valence-corrected chi connectivity index (χ2v) is 6.79. The summed E-state index contributed by atoms with van der Waals surface area (Å²) in [4.78, 5) is 4.29. The summed E-state index contributed by atoms with van der Waals surface area (Å²) in [5.41, 5.74) is 10.2. The molecule has 25 heavy (non-hydrogen) atoms. The Bertz CT molecular complexity index is 856. The Balaban J connectivity index is 2.15. The van der Waals surface area contributed by atoms with E-state index in [9.17, 15) is 0 Å². The van der Waals surface area contributed by atoms with Gasteiger partial charge < -0.3 is 11.1 Å². The van der Waals surface area contributed by atoms with E-state index in [4.69, 9.17) is 17.3 Å². The first-order valence-corrected chi connectivity index (χ1v) is 9.11. The molecule has 1 unspecified atom stereocenters. The topological polar surface area (TPSA) is 50.9 Å². The van der Waals surface area contributed by atoms with Gasteiger partial charge in [-0.2, -0.15) is 0 Å². The van der Waals surface area contributed by atoms with Crippen molar-refractivity contribution in [1.29, 1.82) is 0 Å². The first-order valence-electron chi connectivity index (χ1n) is 8.74. The third-order valence-corrected chi connectivity index (χ3v) is 4.95. The fourth-order valence-corrected chi connectivity index (χ4v) is 3.60. The molecule has 2 aromatic carbocycles. The van der Waals surface area contributed by atoms with Crippen LogP contribution in [0.15, 0.2) is 48.8 Å². The summed E-state index contributed by atoms with van der Waals surface area (Å²) in [6.07, 6.45) is 5.70. The number of hydrogen-bond donors (Lipinski definition) is 2. The van der Waals surface area contributed by atoms with Crippen LogP contribution in [-0.4, -0.2) is 17.6 Å². The van der Waals surface area contributed by atoms with Crippen LogP contribution >= 0.6 is 11.6 Å². The van der Waals surface area contributed by atoms with E-state index in [2.05, 4.69) is 48.4 Å². The summed E-state index contributed by atoms with van der Waals surface area (Å²) in [5.74, 6) is 0. The number of nitrogens with two attached hydrogens (primary N) is 1. The normalized spacial score (nSPS) is 12.3. The van der Waals surface area contributed by atoms with Crippen molar-refractivity contribution in [1.82, 2.24) is 4.98 Å². The van der Waals surface area contributed by atoms with Crippen LogP contribution in [0.1, 0.15) is 25.3 Å². The number of halogens is 1. The van der Waals surface area contributed by atoms with Gasteiger partial charge in [0.1, 0.15) is 0 Å². The summed E-state index contributed by atoms with van der Waals surface area (Å²) in [7, 11) is 0. The van der Waals surface area contributed by atoms with Gasteiger partial charge in [0.15, 0.2) is 0 Å². The monoisotopic (exact) mass is 353 g/mol. The maximum absolute atomic E-state index is 6.50. The van der Waals surface area contributed by atoms with Crippen LogP contribution in [0.4, 0.5) is 5.69 Å². The Hall–Kier alpha value is -2.10. The summed E-state index contributed by atoms with van der Waals surface area (Å²) in [6.45, 7) is 4.94. The molecular weight excluding hydrogens is 330 g/mol. The van der Waals surface area contributed by atoms with Crippen LogP contribution in [0, 0.1) is 6.92 Å². The Labute approximate surface area is 154 Å². The molecule has 0 saturated carbocycles. The van der Waals surface area contributed by atoms with Gasteiger partial charge in [-0.15, -0.1) is 0 Å². The van der Waals surface area contributed by atoms with E-state index in [1.54, 1.807) is 0 Å². The first kappa shape index (κ1) is 17.7. The van der Waals surface area contributed by atoms with Gasteiger partial charge in [-0.1, -0.05) is 30.7 Å². The molecule has 0 saturated heterocycles. The van der Waals surface area contributed by atoms with E-state index in [1.807, 2.05) is 24.5 Å². The Morgan fingerprint density at radius 2 is 2.08 bits per heavy atom. The van der Waals surface area contributed by atoms with Gasteiger partial charge in [0.2, 0.25) is 0 Å². The average Bonchev–Trinajstić information content (AvgIpc) is 2.61. The van der Waals surface area contributed by atoms with Crippen molar-refractivity contribution < 1.29 is 0 Å². The van der Waals surface area contributed by atoms with Crippen molar-refractivity contribution in [2.75, 3.05) is 11.9 Å². The quantitative estimate of drug-likeness (QED) is 0.623. The molecule has 0 spiro atoms. The van der Waals surface area contributed by atoms with Gasteiger partial charge in [-0.25, -0.2) is 0 Å². The predicted octanol–water partition coefficient (Wildman–Crippen LogP) is 5.40. The maximum atomic E-state index is 6.50. The zero-order valence-electron chi connectivity index (χ0n) is 14.7. The third kappa shape index (κ3) is 3.78. The lowest BCUT2D eigenvalue weighted by atomic mass is 9.96. The van der Waals surface area contributed by atoms with Gasteiger partial charge in [0.25, 0.3) is 0 Å². The fourth-order valence-electron chi connectivity index (χ4n) is 3.27. The van der Waals surface area contributed by atoms with Gasteiger partial charge in [-0.3, -0.25) is 4.98 Å². The lowest BCUT2D eigenvalue weighted by molar-refractivity contribution is 0.643. The number of nitrogens with one attached hydrogen (secondary N) is 1. The van der Waals surface area contributed by atoms with Crippen molar-refractivity contribution in [2.24, 2.45) is 5.73 Å². The third-order valence-electron chi connectivity index (χ3n) is 4.63. The van der Waals surface area contributed by atoms with Crippen LogP contribution in [0.25, 0.3) is 21.9 Å². The number of benzene rings is 2. The summed E-state index contributed by atoms with van der Waals surface area (Å²) in [5, 5.41) is 6.70. The molecule has 1 atom stereocenters.